The molecule has 0 radical (unpaired) electrons. The van der Waals surface area contributed by atoms with Crippen molar-refractivity contribution in [2.75, 3.05) is 6.61 Å². The third-order valence-electron chi connectivity index (χ3n) is 1.33. The first-order valence-electron chi connectivity index (χ1n) is 3.87. The summed E-state index contributed by atoms with van der Waals surface area (Å²) in [6, 6.07) is 1.44. The highest BCUT2D eigenvalue weighted by atomic mass is 16.5. The molecule has 1 rings (SSSR count). The van der Waals surface area contributed by atoms with Crippen molar-refractivity contribution in [1.82, 2.24) is 9.97 Å². The molecule has 0 unspecified atom stereocenters. The summed E-state index contributed by atoms with van der Waals surface area (Å²) in [5.74, 6) is -0.287. The predicted octanol–water partition coefficient (Wildman–Crippen LogP) is 0.146. The molecule has 0 saturated carbocycles. The molecular formula is C8H10N2O3. The number of carbonyl (C=O) groups excluding carboxylic acids is 1. The molecule has 1 aromatic heterocycles. The highest BCUT2D eigenvalue weighted by Crippen LogP contribution is 1.98. The van der Waals surface area contributed by atoms with Crippen LogP contribution in [0.2, 0.25) is 0 Å². The fraction of sp³-hybridized carbons (Fsp3) is 0.375. The Morgan fingerprint density at radius 1 is 1.69 bits per heavy atom. The molecule has 0 saturated heterocycles. The van der Waals surface area contributed by atoms with Crippen molar-refractivity contribution in [3.8, 4) is 0 Å². The monoisotopic (exact) mass is 182 g/mol. The Morgan fingerprint density at radius 2 is 2.46 bits per heavy atom. The molecule has 1 aromatic rings. The molecule has 13 heavy (non-hydrogen) atoms. The van der Waals surface area contributed by atoms with E-state index in [4.69, 9.17) is 9.84 Å². The molecule has 5 nitrogen and oxygen atoms in total. The largest absolute Gasteiger partial charge is 0.461 e. The first kappa shape index (κ1) is 9.60. The third-order valence-corrected chi connectivity index (χ3v) is 1.33. The Hall–Kier alpha value is -1.49. The minimum absolute atomic E-state index is 0.168. The van der Waals surface area contributed by atoms with Crippen molar-refractivity contribution >= 4 is 5.97 Å². The molecule has 0 aromatic carbocycles. The summed E-state index contributed by atoms with van der Waals surface area (Å²) < 4.78 is 4.72. The second-order valence-electron chi connectivity index (χ2n) is 2.24. The van der Waals surface area contributed by atoms with Gasteiger partial charge in [-0.2, -0.15) is 0 Å². The lowest BCUT2D eigenvalue weighted by atomic mass is 10.4. The van der Waals surface area contributed by atoms with Crippen molar-refractivity contribution in [3.05, 3.63) is 23.8 Å². The fourth-order valence-electron chi connectivity index (χ4n) is 0.794. The van der Waals surface area contributed by atoms with Gasteiger partial charge in [0, 0.05) is 6.20 Å². The van der Waals surface area contributed by atoms with Gasteiger partial charge in [0.1, 0.15) is 6.61 Å². The summed E-state index contributed by atoms with van der Waals surface area (Å²) in [6.07, 6.45) is 1.41. The standard InChI is InChI=1S/C8H10N2O3/c1-2-13-8(12)6-3-4-9-7(5-11)10-6/h3-4,11H,2,5H2,1H3. The summed E-state index contributed by atoms with van der Waals surface area (Å²) >= 11 is 0. The van der Waals surface area contributed by atoms with E-state index in [1.54, 1.807) is 6.92 Å². The number of hydrogen-bond donors (Lipinski definition) is 1. The Bertz CT molecular complexity index is 301. The van der Waals surface area contributed by atoms with Crippen molar-refractivity contribution in [3.63, 3.8) is 0 Å². The molecule has 5 heteroatoms. The zero-order valence-corrected chi connectivity index (χ0v) is 7.23. The van der Waals surface area contributed by atoms with Gasteiger partial charge in [-0.05, 0) is 13.0 Å². The first-order chi connectivity index (χ1) is 6.27. The fourth-order valence-corrected chi connectivity index (χ4v) is 0.794. The molecule has 1 N–H and O–H groups in total. The van der Waals surface area contributed by atoms with Crippen LogP contribution < -0.4 is 0 Å². The maximum Gasteiger partial charge on any atom is 0.357 e. The van der Waals surface area contributed by atoms with Crippen molar-refractivity contribution in [2.45, 2.75) is 13.5 Å². The molecule has 70 valence electrons. The Labute approximate surface area is 75.4 Å². The van der Waals surface area contributed by atoms with Crippen molar-refractivity contribution in [1.29, 1.82) is 0 Å². The zero-order chi connectivity index (χ0) is 9.68. The van der Waals surface area contributed by atoms with Gasteiger partial charge in [0.05, 0.1) is 6.61 Å². The van der Waals surface area contributed by atoms with Crippen LogP contribution in [-0.4, -0.2) is 27.7 Å². The van der Waals surface area contributed by atoms with E-state index in [2.05, 4.69) is 9.97 Å². The van der Waals surface area contributed by atoms with E-state index < -0.39 is 5.97 Å². The number of aliphatic hydroxyl groups is 1. The number of esters is 1. The molecular weight excluding hydrogens is 172 g/mol. The minimum atomic E-state index is -0.500. The van der Waals surface area contributed by atoms with Crippen LogP contribution in [0, 0.1) is 0 Å². The van der Waals surface area contributed by atoms with Crippen LogP contribution in [0.25, 0.3) is 0 Å². The molecule has 0 fully saturated rings. The van der Waals surface area contributed by atoms with E-state index in [0.717, 1.165) is 0 Å². The van der Waals surface area contributed by atoms with E-state index in [1.807, 2.05) is 0 Å². The number of ether oxygens (including phenoxy) is 1. The van der Waals surface area contributed by atoms with Crippen molar-refractivity contribution in [2.24, 2.45) is 0 Å². The van der Waals surface area contributed by atoms with Crippen LogP contribution >= 0.6 is 0 Å². The van der Waals surface area contributed by atoms with E-state index in [1.165, 1.54) is 12.3 Å². The van der Waals surface area contributed by atoms with Gasteiger partial charge in [-0.25, -0.2) is 14.8 Å². The number of rotatable bonds is 3. The maximum absolute atomic E-state index is 11.1. The summed E-state index contributed by atoms with van der Waals surface area (Å²) in [4.78, 5) is 18.6. The van der Waals surface area contributed by atoms with Crippen LogP contribution in [0.5, 0.6) is 0 Å². The van der Waals surface area contributed by atoms with Crippen LogP contribution in [0.15, 0.2) is 12.3 Å². The van der Waals surface area contributed by atoms with Gasteiger partial charge in [-0.15, -0.1) is 0 Å². The molecule has 0 spiro atoms. The van der Waals surface area contributed by atoms with Gasteiger partial charge in [0.2, 0.25) is 0 Å². The smallest absolute Gasteiger partial charge is 0.357 e. The summed E-state index contributed by atoms with van der Waals surface area (Å²) in [6.45, 7) is 1.73. The minimum Gasteiger partial charge on any atom is -0.461 e. The number of hydrogen-bond acceptors (Lipinski definition) is 5. The lowest BCUT2D eigenvalue weighted by Crippen LogP contribution is -2.09. The van der Waals surface area contributed by atoms with E-state index in [0.29, 0.717) is 6.61 Å². The molecule has 1 heterocycles. The van der Waals surface area contributed by atoms with Gasteiger partial charge in [-0.3, -0.25) is 0 Å². The second-order valence-corrected chi connectivity index (χ2v) is 2.24. The molecule has 0 amide bonds. The molecule has 0 bridgehead atoms. The quantitative estimate of drug-likeness (QED) is 0.673. The Morgan fingerprint density at radius 3 is 3.08 bits per heavy atom. The van der Waals surface area contributed by atoms with Crippen LogP contribution in [0.4, 0.5) is 0 Å². The average Bonchev–Trinajstić information content (AvgIpc) is 2.18. The number of carbonyl (C=O) groups is 1. The van der Waals surface area contributed by atoms with Gasteiger partial charge in [0.15, 0.2) is 11.5 Å². The molecule has 0 aliphatic carbocycles. The van der Waals surface area contributed by atoms with Crippen LogP contribution in [0.3, 0.4) is 0 Å². The summed E-state index contributed by atoms with van der Waals surface area (Å²) in [7, 11) is 0. The van der Waals surface area contributed by atoms with Gasteiger partial charge in [-0.1, -0.05) is 0 Å². The summed E-state index contributed by atoms with van der Waals surface area (Å²) in [5, 5.41) is 8.70. The lowest BCUT2D eigenvalue weighted by molar-refractivity contribution is 0.0518. The van der Waals surface area contributed by atoms with E-state index in [-0.39, 0.29) is 18.1 Å². The van der Waals surface area contributed by atoms with Gasteiger partial charge in [0.25, 0.3) is 0 Å². The maximum atomic E-state index is 11.1. The number of aromatic nitrogens is 2. The van der Waals surface area contributed by atoms with Gasteiger partial charge < -0.3 is 9.84 Å². The number of nitrogens with zero attached hydrogens (tertiary/aromatic N) is 2. The predicted molar refractivity (Wildman–Crippen MR) is 43.9 cm³/mol. The Kier molecular flexibility index (Phi) is 3.33. The average molecular weight is 182 g/mol. The Balaban J connectivity index is 2.82. The molecule has 0 atom stereocenters. The number of aliphatic hydroxyl groups excluding tert-OH is 1. The molecule has 0 aliphatic rings. The van der Waals surface area contributed by atoms with Crippen LogP contribution in [0.1, 0.15) is 23.2 Å². The topological polar surface area (TPSA) is 72.3 Å². The van der Waals surface area contributed by atoms with Crippen LogP contribution in [-0.2, 0) is 11.3 Å². The normalized spacial score (nSPS) is 9.69. The van der Waals surface area contributed by atoms with Gasteiger partial charge >= 0.3 is 5.97 Å². The van der Waals surface area contributed by atoms with Crippen molar-refractivity contribution < 1.29 is 14.6 Å². The molecule has 0 aliphatic heterocycles. The highest BCUT2D eigenvalue weighted by molar-refractivity contribution is 5.87. The first-order valence-corrected chi connectivity index (χ1v) is 3.87. The SMILES string of the molecule is CCOC(=O)c1ccnc(CO)n1. The van der Waals surface area contributed by atoms with E-state index in [9.17, 15) is 4.79 Å². The zero-order valence-electron chi connectivity index (χ0n) is 7.23. The lowest BCUT2D eigenvalue weighted by Gasteiger charge is -2.00. The summed E-state index contributed by atoms with van der Waals surface area (Å²) in [5.41, 5.74) is 0.168. The third kappa shape index (κ3) is 2.48. The second kappa shape index (κ2) is 4.51. The highest BCUT2D eigenvalue weighted by Gasteiger charge is 2.08. The van der Waals surface area contributed by atoms with E-state index >= 15 is 0 Å².